The maximum absolute atomic E-state index is 10.9. The summed E-state index contributed by atoms with van der Waals surface area (Å²) in [6, 6.07) is 6.56. The number of rotatable bonds is 6. The van der Waals surface area contributed by atoms with E-state index in [9.17, 15) is 10.1 Å². The first-order chi connectivity index (χ1) is 11.5. The zero-order valence-electron chi connectivity index (χ0n) is 13.0. The molecule has 7 nitrogen and oxygen atoms in total. The van der Waals surface area contributed by atoms with E-state index in [4.69, 9.17) is 4.42 Å². The average molecular weight is 362 g/mol. The van der Waals surface area contributed by atoms with Crippen LogP contribution in [-0.4, -0.2) is 20.1 Å². The summed E-state index contributed by atoms with van der Waals surface area (Å²) in [6.45, 7) is 3.89. The Kier molecular flexibility index (Phi) is 4.91. The summed E-state index contributed by atoms with van der Waals surface area (Å²) in [4.78, 5) is 14.8. The molecule has 0 saturated heterocycles. The molecule has 0 aliphatic carbocycles. The van der Waals surface area contributed by atoms with E-state index in [1.165, 1.54) is 17.8 Å². The fraction of sp³-hybridized carbons (Fsp3) is 0.267. The van der Waals surface area contributed by atoms with Gasteiger partial charge in [-0.1, -0.05) is 23.9 Å². The highest BCUT2D eigenvalue weighted by Gasteiger charge is 2.16. The van der Waals surface area contributed by atoms with Crippen LogP contribution in [0.1, 0.15) is 34.3 Å². The molecule has 1 atom stereocenters. The minimum Gasteiger partial charge on any atom is -0.416 e. The Bertz CT molecular complexity index is 862. The van der Waals surface area contributed by atoms with Crippen LogP contribution in [0.3, 0.4) is 0 Å². The first-order valence-corrected chi connectivity index (χ1v) is 8.91. The lowest BCUT2D eigenvalue weighted by atomic mass is 10.1. The minimum absolute atomic E-state index is 0.0419. The predicted molar refractivity (Wildman–Crippen MR) is 91.3 cm³/mol. The molecule has 0 N–H and O–H groups in total. The summed E-state index contributed by atoms with van der Waals surface area (Å²) < 4.78 is 5.64. The van der Waals surface area contributed by atoms with E-state index in [2.05, 4.69) is 15.2 Å². The lowest BCUT2D eigenvalue weighted by Gasteiger charge is -2.08. The normalized spacial score (nSPS) is 12.2. The fourth-order valence-corrected chi connectivity index (χ4v) is 3.54. The molecule has 0 spiro atoms. The fourth-order valence-electron chi connectivity index (χ4n) is 2.11. The first-order valence-electron chi connectivity index (χ1n) is 7.15. The Morgan fingerprint density at radius 1 is 1.42 bits per heavy atom. The number of nitro benzene ring substituents is 1. The maximum atomic E-state index is 10.9. The van der Waals surface area contributed by atoms with Crippen LogP contribution in [0, 0.1) is 17.0 Å². The summed E-state index contributed by atoms with van der Waals surface area (Å²) in [5.41, 5.74) is 1.82. The Morgan fingerprint density at radius 3 is 2.96 bits per heavy atom. The average Bonchev–Trinajstić information content (AvgIpc) is 3.17. The highest BCUT2D eigenvalue weighted by molar-refractivity contribution is 7.99. The van der Waals surface area contributed by atoms with E-state index in [1.54, 1.807) is 23.5 Å². The van der Waals surface area contributed by atoms with Crippen LogP contribution in [0.2, 0.25) is 0 Å². The van der Waals surface area contributed by atoms with Crippen molar-refractivity contribution < 1.29 is 9.34 Å². The number of nitro groups is 1. The topological polar surface area (TPSA) is 95.0 Å². The van der Waals surface area contributed by atoms with Crippen molar-refractivity contribution in [3.05, 3.63) is 61.9 Å². The molecule has 124 valence electrons. The monoisotopic (exact) mass is 362 g/mol. The lowest BCUT2D eigenvalue weighted by Crippen LogP contribution is -1.92. The maximum Gasteiger partial charge on any atom is 0.277 e. The second-order valence-corrected chi connectivity index (χ2v) is 7.46. The number of thiazole rings is 1. The molecular formula is C15H14N4O3S2. The zero-order valence-corrected chi connectivity index (χ0v) is 14.6. The van der Waals surface area contributed by atoms with Gasteiger partial charge in [-0.2, -0.15) is 0 Å². The third kappa shape index (κ3) is 3.98. The molecule has 0 radical (unpaired) electrons. The smallest absolute Gasteiger partial charge is 0.277 e. The highest BCUT2D eigenvalue weighted by Crippen LogP contribution is 2.35. The molecule has 0 unspecified atom stereocenters. The van der Waals surface area contributed by atoms with Crippen molar-refractivity contribution in [3.8, 4) is 0 Å². The van der Waals surface area contributed by atoms with Gasteiger partial charge in [0.2, 0.25) is 5.89 Å². The molecule has 0 amide bonds. The van der Waals surface area contributed by atoms with Crippen LogP contribution in [0.5, 0.6) is 0 Å². The van der Waals surface area contributed by atoms with Gasteiger partial charge in [-0.3, -0.25) is 10.1 Å². The molecule has 0 fully saturated rings. The van der Waals surface area contributed by atoms with Gasteiger partial charge in [0.1, 0.15) is 0 Å². The van der Waals surface area contributed by atoms with E-state index in [1.807, 2.05) is 25.3 Å². The summed E-state index contributed by atoms with van der Waals surface area (Å²) in [6.07, 6.45) is 0.503. The Morgan fingerprint density at radius 2 is 2.25 bits per heavy atom. The van der Waals surface area contributed by atoms with Crippen molar-refractivity contribution >= 4 is 28.8 Å². The molecule has 0 bridgehead atoms. The van der Waals surface area contributed by atoms with E-state index < -0.39 is 4.92 Å². The first kappa shape index (κ1) is 16.6. The molecular weight excluding hydrogens is 348 g/mol. The Balaban J connectivity index is 1.67. The van der Waals surface area contributed by atoms with Crippen molar-refractivity contribution in [2.45, 2.75) is 30.7 Å². The van der Waals surface area contributed by atoms with Crippen LogP contribution in [0.25, 0.3) is 0 Å². The van der Waals surface area contributed by atoms with Gasteiger partial charge < -0.3 is 4.42 Å². The number of nitrogens with zero attached hydrogens (tertiary/aromatic N) is 4. The second kappa shape index (κ2) is 7.10. The molecule has 0 saturated carbocycles. The number of hydrogen-bond acceptors (Lipinski definition) is 8. The van der Waals surface area contributed by atoms with Crippen molar-refractivity contribution in [1.29, 1.82) is 0 Å². The number of benzene rings is 1. The molecule has 3 rings (SSSR count). The van der Waals surface area contributed by atoms with E-state index in [0.29, 0.717) is 17.5 Å². The molecule has 24 heavy (non-hydrogen) atoms. The van der Waals surface area contributed by atoms with Gasteiger partial charge in [-0.05, 0) is 19.4 Å². The van der Waals surface area contributed by atoms with E-state index in [0.717, 1.165) is 16.3 Å². The van der Waals surface area contributed by atoms with Crippen LogP contribution in [-0.2, 0) is 6.42 Å². The molecule has 1 aromatic carbocycles. The number of hydrogen-bond donors (Lipinski definition) is 0. The quantitative estimate of drug-likeness (QED) is 0.368. The van der Waals surface area contributed by atoms with Crippen LogP contribution in [0.15, 0.2) is 39.3 Å². The molecule has 0 aliphatic heterocycles. The van der Waals surface area contributed by atoms with E-state index >= 15 is 0 Å². The molecule has 2 aromatic heterocycles. The number of aryl methyl sites for hydroxylation is 1. The van der Waals surface area contributed by atoms with Gasteiger partial charge in [0.15, 0.2) is 0 Å². The van der Waals surface area contributed by atoms with Gasteiger partial charge in [-0.25, -0.2) is 4.98 Å². The van der Waals surface area contributed by atoms with Gasteiger partial charge in [0.25, 0.3) is 10.9 Å². The third-order valence-corrected chi connectivity index (χ3v) is 5.09. The molecule has 9 heteroatoms. The highest BCUT2D eigenvalue weighted by atomic mass is 32.2. The number of non-ortho nitro benzene ring substituents is 1. The van der Waals surface area contributed by atoms with Crippen molar-refractivity contribution in [1.82, 2.24) is 15.2 Å². The SMILES string of the molecule is Cc1nc(Cc2nnc(S[C@@H](C)c3cccc([N+](=O)[O-])c3)o2)cs1. The molecule has 2 heterocycles. The Hall–Kier alpha value is -2.26. The number of aromatic nitrogens is 3. The van der Waals surface area contributed by atoms with Crippen LogP contribution in [0.4, 0.5) is 5.69 Å². The van der Waals surface area contributed by atoms with Gasteiger partial charge >= 0.3 is 0 Å². The van der Waals surface area contributed by atoms with Crippen molar-refractivity contribution in [2.24, 2.45) is 0 Å². The zero-order chi connectivity index (χ0) is 17.1. The van der Waals surface area contributed by atoms with Crippen molar-refractivity contribution in [3.63, 3.8) is 0 Å². The lowest BCUT2D eigenvalue weighted by molar-refractivity contribution is -0.384. The van der Waals surface area contributed by atoms with Gasteiger partial charge in [0, 0.05) is 22.8 Å². The molecule has 3 aromatic rings. The number of thioether (sulfide) groups is 1. The largest absolute Gasteiger partial charge is 0.416 e. The molecule has 0 aliphatic rings. The van der Waals surface area contributed by atoms with Gasteiger partial charge in [0.05, 0.1) is 22.0 Å². The van der Waals surface area contributed by atoms with E-state index in [-0.39, 0.29) is 10.9 Å². The summed E-state index contributed by atoms with van der Waals surface area (Å²) in [5, 5.41) is 22.3. The summed E-state index contributed by atoms with van der Waals surface area (Å²) >= 11 is 2.95. The third-order valence-electron chi connectivity index (χ3n) is 3.28. The summed E-state index contributed by atoms with van der Waals surface area (Å²) in [7, 11) is 0. The summed E-state index contributed by atoms with van der Waals surface area (Å²) in [5.74, 6) is 0.508. The van der Waals surface area contributed by atoms with Crippen LogP contribution < -0.4 is 0 Å². The Labute approximate surface area is 146 Å². The van der Waals surface area contributed by atoms with Crippen molar-refractivity contribution in [2.75, 3.05) is 0 Å². The van der Waals surface area contributed by atoms with Crippen LogP contribution >= 0.6 is 23.1 Å². The second-order valence-electron chi connectivity index (χ2n) is 5.11. The standard InChI is InChI=1S/C15H14N4O3S2/c1-9(11-4-3-5-13(6-11)19(20)21)24-15-18-17-14(22-15)7-12-8-23-10(2)16-12/h3-6,8-9H,7H2,1-2H3/t9-/m0/s1. The van der Waals surface area contributed by atoms with Gasteiger partial charge in [-0.15, -0.1) is 21.5 Å². The predicted octanol–water partition coefficient (Wildman–Crippen LogP) is 4.19. The minimum atomic E-state index is -0.401.